The van der Waals surface area contributed by atoms with Gasteiger partial charge < -0.3 is 18.9 Å². The molecule has 6 heteroatoms. The van der Waals surface area contributed by atoms with Crippen molar-refractivity contribution in [2.45, 2.75) is 78.0 Å². The van der Waals surface area contributed by atoms with E-state index >= 15 is 0 Å². The number of amides is 1. The zero-order chi connectivity index (χ0) is 25.5. The van der Waals surface area contributed by atoms with Crippen LogP contribution in [0.15, 0.2) is 36.5 Å². The van der Waals surface area contributed by atoms with E-state index in [0.717, 1.165) is 71.8 Å². The Morgan fingerprint density at radius 3 is 2.62 bits per heavy atom. The van der Waals surface area contributed by atoms with Crippen LogP contribution in [0.4, 0.5) is 0 Å². The number of fused-ring (bicyclic) bond motifs is 1. The van der Waals surface area contributed by atoms with Crippen LogP contribution in [-0.2, 0) is 19.5 Å². The van der Waals surface area contributed by atoms with Crippen LogP contribution in [0.3, 0.4) is 0 Å². The van der Waals surface area contributed by atoms with Gasteiger partial charge in [0.25, 0.3) is 5.91 Å². The van der Waals surface area contributed by atoms with Crippen molar-refractivity contribution in [1.29, 1.82) is 0 Å². The zero-order valence-electron chi connectivity index (χ0n) is 22.3. The molecule has 2 fully saturated rings. The third-order valence-corrected chi connectivity index (χ3v) is 8.27. The highest BCUT2D eigenvalue weighted by atomic mass is 16.5. The molecule has 0 bridgehead atoms. The Bertz CT molecular complexity index is 1300. The minimum atomic E-state index is 0.0502. The van der Waals surface area contributed by atoms with Crippen molar-refractivity contribution in [3.8, 4) is 22.8 Å². The molecule has 2 heterocycles. The fraction of sp³-hybridized carbons (Fsp3) is 0.484. The SMILES string of the molecule is COc1cc(C(=O)N(Cc2cc(-c3cn4c(n3)CCC4)ccc2OC2CCC2)CC2CC2)cc(C)c1C. The summed E-state index contributed by atoms with van der Waals surface area (Å²) in [4.78, 5) is 20.8. The van der Waals surface area contributed by atoms with Crippen LogP contribution < -0.4 is 9.47 Å². The summed E-state index contributed by atoms with van der Waals surface area (Å²) in [6.07, 6.45) is 10.4. The molecule has 2 aliphatic carbocycles. The zero-order valence-corrected chi connectivity index (χ0v) is 22.3. The Morgan fingerprint density at radius 1 is 1.08 bits per heavy atom. The Kier molecular flexibility index (Phi) is 6.43. The van der Waals surface area contributed by atoms with Gasteiger partial charge >= 0.3 is 0 Å². The first kappa shape index (κ1) is 24.1. The molecule has 1 aliphatic heterocycles. The molecule has 194 valence electrons. The number of carbonyl (C=O) groups excluding carboxylic acids is 1. The van der Waals surface area contributed by atoms with Crippen molar-refractivity contribution in [3.05, 3.63) is 64.6 Å². The van der Waals surface area contributed by atoms with Crippen molar-refractivity contribution >= 4 is 5.91 Å². The summed E-state index contributed by atoms with van der Waals surface area (Å²) in [5.41, 5.74) is 5.97. The Labute approximate surface area is 219 Å². The number of aryl methyl sites for hydroxylation is 3. The van der Waals surface area contributed by atoms with Crippen molar-refractivity contribution in [2.24, 2.45) is 5.92 Å². The Hall–Kier alpha value is -3.28. The number of hydrogen-bond acceptors (Lipinski definition) is 4. The molecular formula is C31H37N3O3. The number of ether oxygens (including phenoxy) is 2. The second-order valence-corrected chi connectivity index (χ2v) is 11.1. The number of aromatic nitrogens is 2. The summed E-state index contributed by atoms with van der Waals surface area (Å²) >= 11 is 0. The standard InChI is InChI=1S/C31H37N3O3/c1-20-14-24(16-29(36-3)21(20)2)31(35)34(17-22-9-10-22)18-25-15-23(11-12-28(25)37-26-6-4-7-26)27-19-33-13-5-8-30(33)32-27/h11-12,14-16,19,22,26H,4-10,13,17-18H2,1-3H3. The van der Waals surface area contributed by atoms with E-state index in [2.05, 4.69) is 29.0 Å². The second-order valence-electron chi connectivity index (χ2n) is 11.1. The maximum absolute atomic E-state index is 13.9. The van der Waals surface area contributed by atoms with Gasteiger partial charge in [0.15, 0.2) is 0 Å². The highest BCUT2D eigenvalue weighted by Gasteiger charge is 2.29. The molecule has 6 rings (SSSR count). The van der Waals surface area contributed by atoms with Gasteiger partial charge in [0.2, 0.25) is 0 Å². The van der Waals surface area contributed by atoms with E-state index in [9.17, 15) is 4.79 Å². The number of hydrogen-bond donors (Lipinski definition) is 0. The molecule has 0 unspecified atom stereocenters. The summed E-state index contributed by atoms with van der Waals surface area (Å²) in [5, 5.41) is 0. The molecule has 2 saturated carbocycles. The molecule has 3 aromatic rings. The largest absolute Gasteiger partial charge is 0.496 e. The molecule has 2 aromatic carbocycles. The van der Waals surface area contributed by atoms with E-state index in [1.165, 1.54) is 31.5 Å². The lowest BCUT2D eigenvalue weighted by Crippen LogP contribution is -2.33. The third-order valence-electron chi connectivity index (χ3n) is 8.27. The van der Waals surface area contributed by atoms with E-state index < -0.39 is 0 Å². The van der Waals surface area contributed by atoms with Crippen molar-refractivity contribution in [2.75, 3.05) is 13.7 Å². The monoisotopic (exact) mass is 499 g/mol. The summed E-state index contributed by atoms with van der Waals surface area (Å²) in [7, 11) is 1.67. The molecule has 0 N–H and O–H groups in total. The summed E-state index contributed by atoms with van der Waals surface area (Å²) < 4.78 is 14.3. The topological polar surface area (TPSA) is 56.6 Å². The highest BCUT2D eigenvalue weighted by Crippen LogP contribution is 2.35. The average molecular weight is 500 g/mol. The van der Waals surface area contributed by atoms with Crippen molar-refractivity contribution in [1.82, 2.24) is 14.5 Å². The van der Waals surface area contributed by atoms with Gasteiger partial charge in [-0.25, -0.2) is 4.98 Å². The summed E-state index contributed by atoms with van der Waals surface area (Å²) in [6.45, 7) is 6.40. The van der Waals surface area contributed by atoms with Crippen LogP contribution in [0.5, 0.6) is 11.5 Å². The second kappa shape index (κ2) is 9.88. The smallest absolute Gasteiger partial charge is 0.254 e. The van der Waals surface area contributed by atoms with Crippen molar-refractivity contribution < 1.29 is 14.3 Å². The molecule has 6 nitrogen and oxygen atoms in total. The lowest BCUT2D eigenvalue weighted by molar-refractivity contribution is 0.0728. The van der Waals surface area contributed by atoms with Gasteiger partial charge in [-0.1, -0.05) is 0 Å². The lowest BCUT2D eigenvalue weighted by Gasteiger charge is -2.29. The minimum absolute atomic E-state index is 0.0502. The van der Waals surface area contributed by atoms with Gasteiger partial charge in [0.05, 0.1) is 18.9 Å². The van der Waals surface area contributed by atoms with Crippen molar-refractivity contribution in [3.63, 3.8) is 0 Å². The van der Waals surface area contributed by atoms with Gasteiger partial charge in [0, 0.05) is 48.9 Å². The first-order valence-corrected chi connectivity index (χ1v) is 13.8. The van der Waals surface area contributed by atoms with Gasteiger partial charge in [-0.2, -0.15) is 0 Å². The van der Waals surface area contributed by atoms with Gasteiger partial charge in [-0.15, -0.1) is 0 Å². The molecule has 37 heavy (non-hydrogen) atoms. The van der Waals surface area contributed by atoms with E-state index in [4.69, 9.17) is 14.5 Å². The normalized spacial score (nSPS) is 16.8. The lowest BCUT2D eigenvalue weighted by atomic mass is 9.96. The predicted molar refractivity (Wildman–Crippen MR) is 144 cm³/mol. The van der Waals surface area contributed by atoms with E-state index in [1.807, 2.05) is 30.9 Å². The fourth-order valence-electron chi connectivity index (χ4n) is 5.42. The van der Waals surface area contributed by atoms with Crippen LogP contribution in [-0.4, -0.2) is 40.1 Å². The van der Waals surface area contributed by atoms with Gasteiger partial charge in [0.1, 0.15) is 17.3 Å². The maximum Gasteiger partial charge on any atom is 0.254 e. The molecular weight excluding hydrogens is 462 g/mol. The van der Waals surface area contributed by atoms with Crippen LogP contribution in [0.1, 0.15) is 71.4 Å². The number of nitrogens with zero attached hydrogens (tertiary/aromatic N) is 3. The van der Waals surface area contributed by atoms with Crippen LogP contribution in [0.25, 0.3) is 11.3 Å². The number of rotatable bonds is 9. The first-order chi connectivity index (χ1) is 18.0. The molecule has 0 spiro atoms. The Morgan fingerprint density at radius 2 is 1.92 bits per heavy atom. The molecule has 0 radical (unpaired) electrons. The first-order valence-electron chi connectivity index (χ1n) is 13.8. The minimum Gasteiger partial charge on any atom is -0.496 e. The van der Waals surface area contributed by atoms with E-state index in [1.54, 1.807) is 7.11 Å². The van der Waals surface area contributed by atoms with Crippen LogP contribution in [0, 0.1) is 19.8 Å². The number of imidazole rings is 1. The van der Waals surface area contributed by atoms with Gasteiger partial charge in [-0.05, 0) is 99.7 Å². The average Bonchev–Trinajstić information content (AvgIpc) is 3.42. The number of carbonyl (C=O) groups is 1. The molecule has 0 atom stereocenters. The Balaban J connectivity index is 1.33. The quantitative estimate of drug-likeness (QED) is 0.357. The third kappa shape index (κ3) is 4.98. The highest BCUT2D eigenvalue weighted by molar-refractivity contribution is 5.95. The molecule has 3 aliphatic rings. The number of benzene rings is 2. The van der Waals surface area contributed by atoms with E-state index in [0.29, 0.717) is 18.0 Å². The molecule has 1 amide bonds. The fourth-order valence-corrected chi connectivity index (χ4v) is 5.42. The van der Waals surface area contributed by atoms with Crippen LogP contribution in [0.2, 0.25) is 0 Å². The van der Waals surface area contributed by atoms with Gasteiger partial charge in [-0.3, -0.25) is 4.79 Å². The molecule has 1 aromatic heterocycles. The predicted octanol–water partition coefficient (Wildman–Crippen LogP) is 6.11. The number of methoxy groups -OCH3 is 1. The summed E-state index contributed by atoms with van der Waals surface area (Å²) in [5.74, 6) is 3.45. The summed E-state index contributed by atoms with van der Waals surface area (Å²) in [6, 6.07) is 10.3. The van der Waals surface area contributed by atoms with E-state index in [-0.39, 0.29) is 12.0 Å². The van der Waals surface area contributed by atoms with Crippen LogP contribution >= 0.6 is 0 Å². The maximum atomic E-state index is 13.9. The molecule has 0 saturated heterocycles.